The first-order chi connectivity index (χ1) is 13.7. The van der Waals surface area contributed by atoms with Gasteiger partial charge in [-0.05, 0) is 63.3 Å². The number of rotatable bonds is 8. The van der Waals surface area contributed by atoms with E-state index in [-0.39, 0.29) is 6.10 Å². The number of H-pyrrole nitrogens is 1. The molecule has 0 saturated carbocycles. The average Bonchev–Trinajstić information content (AvgIpc) is 3.11. The molecule has 1 fully saturated rings. The molecule has 0 atom stereocenters. The van der Waals surface area contributed by atoms with Crippen molar-refractivity contribution >= 4 is 16.9 Å². The van der Waals surface area contributed by atoms with Gasteiger partial charge in [0.15, 0.2) is 5.96 Å². The number of aryl methyl sites for hydroxylation is 1. The van der Waals surface area contributed by atoms with Crippen LogP contribution in [0.25, 0.3) is 10.9 Å². The van der Waals surface area contributed by atoms with Gasteiger partial charge in [-0.1, -0.05) is 12.1 Å². The van der Waals surface area contributed by atoms with Crippen molar-refractivity contribution in [2.24, 2.45) is 4.99 Å². The molecule has 0 spiro atoms. The fourth-order valence-corrected chi connectivity index (χ4v) is 3.93. The lowest BCUT2D eigenvalue weighted by Crippen LogP contribution is -2.39. The molecule has 28 heavy (non-hydrogen) atoms. The Bertz CT molecular complexity index is 761. The molecule has 0 amide bonds. The molecular formula is C22H35N5O. The Morgan fingerprint density at radius 1 is 1.29 bits per heavy atom. The number of nitrogens with zero attached hydrogens (tertiary/aromatic N) is 2. The monoisotopic (exact) mass is 385 g/mol. The van der Waals surface area contributed by atoms with Gasteiger partial charge in [-0.3, -0.25) is 4.99 Å². The van der Waals surface area contributed by atoms with E-state index in [0.29, 0.717) is 0 Å². The average molecular weight is 386 g/mol. The second-order valence-electron chi connectivity index (χ2n) is 7.68. The number of likely N-dealkylation sites (tertiary alicyclic amines) is 1. The minimum atomic E-state index is -0.0974. The maximum atomic E-state index is 9.59. The Kier molecular flexibility index (Phi) is 7.74. The van der Waals surface area contributed by atoms with Crippen LogP contribution in [0.3, 0.4) is 0 Å². The van der Waals surface area contributed by atoms with Crippen LogP contribution in [0.1, 0.15) is 37.3 Å². The quantitative estimate of drug-likeness (QED) is 0.320. The van der Waals surface area contributed by atoms with Gasteiger partial charge in [0.25, 0.3) is 0 Å². The first kappa shape index (κ1) is 20.7. The fourth-order valence-electron chi connectivity index (χ4n) is 3.93. The smallest absolute Gasteiger partial charge is 0.191 e. The fraction of sp³-hybridized carbons (Fsp3) is 0.591. The van der Waals surface area contributed by atoms with Gasteiger partial charge >= 0.3 is 0 Å². The maximum absolute atomic E-state index is 9.59. The van der Waals surface area contributed by atoms with Gasteiger partial charge in [0.1, 0.15) is 0 Å². The van der Waals surface area contributed by atoms with Crippen LogP contribution in [0.5, 0.6) is 0 Å². The molecule has 6 nitrogen and oxygen atoms in total. The second kappa shape index (κ2) is 10.5. The predicted molar refractivity (Wildman–Crippen MR) is 117 cm³/mol. The van der Waals surface area contributed by atoms with Crippen LogP contribution in [-0.4, -0.2) is 66.3 Å². The molecule has 0 bridgehead atoms. The van der Waals surface area contributed by atoms with Crippen molar-refractivity contribution in [2.45, 2.75) is 45.6 Å². The highest BCUT2D eigenvalue weighted by molar-refractivity contribution is 5.86. The summed E-state index contributed by atoms with van der Waals surface area (Å²) < 4.78 is 0. The summed E-state index contributed by atoms with van der Waals surface area (Å²) in [6.45, 7) is 9.88. The highest BCUT2D eigenvalue weighted by atomic mass is 16.3. The van der Waals surface area contributed by atoms with Gasteiger partial charge in [-0.2, -0.15) is 0 Å². The maximum Gasteiger partial charge on any atom is 0.191 e. The van der Waals surface area contributed by atoms with Gasteiger partial charge < -0.3 is 25.6 Å². The molecule has 1 aromatic heterocycles. The van der Waals surface area contributed by atoms with Crippen LogP contribution in [0.15, 0.2) is 29.4 Å². The zero-order valence-corrected chi connectivity index (χ0v) is 17.3. The van der Waals surface area contributed by atoms with Gasteiger partial charge in [0.2, 0.25) is 0 Å². The van der Waals surface area contributed by atoms with Crippen LogP contribution in [0.4, 0.5) is 0 Å². The van der Waals surface area contributed by atoms with Crippen molar-refractivity contribution in [3.63, 3.8) is 0 Å². The molecule has 0 radical (unpaired) electrons. The first-order valence-electron chi connectivity index (χ1n) is 10.7. The van der Waals surface area contributed by atoms with Gasteiger partial charge in [-0.25, -0.2) is 0 Å². The highest BCUT2D eigenvalue weighted by Crippen LogP contribution is 2.22. The highest BCUT2D eigenvalue weighted by Gasteiger charge is 2.15. The third-order valence-corrected chi connectivity index (χ3v) is 5.49. The molecular weight excluding hydrogens is 350 g/mol. The molecule has 1 aliphatic heterocycles. The Morgan fingerprint density at radius 2 is 2.11 bits per heavy atom. The zero-order chi connectivity index (χ0) is 19.8. The molecule has 3 rings (SSSR count). The number of benzene rings is 1. The minimum Gasteiger partial charge on any atom is -0.393 e. The number of hydrogen-bond donors (Lipinski definition) is 4. The Hall–Kier alpha value is -2.05. The molecule has 1 aliphatic rings. The summed E-state index contributed by atoms with van der Waals surface area (Å²) in [5, 5.41) is 17.7. The SMILES string of the molecule is CCNC(=NCCCN1CCC(O)CC1)NCCc1c[nH]c2cccc(C)c12. The van der Waals surface area contributed by atoms with Gasteiger partial charge in [0, 0.05) is 49.8 Å². The third kappa shape index (κ3) is 5.72. The van der Waals surface area contributed by atoms with E-state index in [4.69, 9.17) is 4.99 Å². The third-order valence-electron chi connectivity index (χ3n) is 5.49. The Morgan fingerprint density at radius 3 is 2.89 bits per heavy atom. The van der Waals surface area contributed by atoms with E-state index in [9.17, 15) is 5.11 Å². The molecule has 1 aromatic carbocycles. The van der Waals surface area contributed by atoms with E-state index < -0.39 is 0 Å². The summed E-state index contributed by atoms with van der Waals surface area (Å²) in [6, 6.07) is 6.40. The number of aliphatic imine (C=N–C) groups is 1. The van der Waals surface area contributed by atoms with Crippen LogP contribution in [0.2, 0.25) is 0 Å². The number of aliphatic hydroxyl groups excluding tert-OH is 1. The predicted octanol–water partition coefficient (Wildman–Crippen LogP) is 2.42. The van der Waals surface area contributed by atoms with Crippen LogP contribution in [-0.2, 0) is 6.42 Å². The first-order valence-corrected chi connectivity index (χ1v) is 10.7. The van der Waals surface area contributed by atoms with Crippen LogP contribution >= 0.6 is 0 Å². The number of fused-ring (bicyclic) bond motifs is 1. The normalized spacial score (nSPS) is 16.6. The number of aromatic amines is 1. The molecule has 2 aromatic rings. The molecule has 4 N–H and O–H groups in total. The lowest BCUT2D eigenvalue weighted by Gasteiger charge is -2.29. The summed E-state index contributed by atoms with van der Waals surface area (Å²) in [7, 11) is 0. The van der Waals surface area contributed by atoms with Gasteiger partial charge in [0.05, 0.1) is 6.10 Å². The molecule has 154 valence electrons. The van der Waals surface area contributed by atoms with E-state index >= 15 is 0 Å². The van der Waals surface area contributed by atoms with Crippen molar-refractivity contribution in [1.82, 2.24) is 20.5 Å². The molecule has 0 unspecified atom stereocenters. The van der Waals surface area contributed by atoms with Crippen LogP contribution < -0.4 is 10.6 Å². The van der Waals surface area contributed by atoms with Crippen molar-refractivity contribution in [3.8, 4) is 0 Å². The molecule has 1 saturated heterocycles. The Labute approximate surface area is 168 Å². The van der Waals surface area contributed by atoms with Crippen molar-refractivity contribution in [1.29, 1.82) is 0 Å². The Balaban J connectivity index is 1.44. The lowest BCUT2D eigenvalue weighted by atomic mass is 10.1. The molecule has 2 heterocycles. The lowest BCUT2D eigenvalue weighted by molar-refractivity contribution is 0.0824. The van der Waals surface area contributed by atoms with Crippen LogP contribution in [0, 0.1) is 6.92 Å². The van der Waals surface area contributed by atoms with Crippen molar-refractivity contribution in [3.05, 3.63) is 35.5 Å². The summed E-state index contributed by atoms with van der Waals surface area (Å²) in [5.74, 6) is 0.896. The topological polar surface area (TPSA) is 75.7 Å². The number of hydrogen-bond acceptors (Lipinski definition) is 3. The van der Waals surface area contributed by atoms with E-state index in [1.165, 1.54) is 22.0 Å². The summed E-state index contributed by atoms with van der Waals surface area (Å²) in [5.41, 5.74) is 3.88. The summed E-state index contributed by atoms with van der Waals surface area (Å²) in [4.78, 5) is 10.5. The van der Waals surface area contributed by atoms with E-state index in [1.54, 1.807) is 0 Å². The molecule has 0 aliphatic carbocycles. The zero-order valence-electron chi connectivity index (χ0n) is 17.3. The number of nitrogens with one attached hydrogen (secondary N) is 3. The van der Waals surface area contributed by atoms with Gasteiger partial charge in [-0.15, -0.1) is 0 Å². The summed E-state index contributed by atoms with van der Waals surface area (Å²) in [6.07, 6.45) is 5.85. The van der Waals surface area contributed by atoms with E-state index in [2.05, 4.69) is 58.8 Å². The molecule has 6 heteroatoms. The number of piperidine rings is 1. The van der Waals surface area contributed by atoms with E-state index in [0.717, 1.165) is 70.9 Å². The number of guanidine groups is 1. The standard InChI is InChI=1S/C22H35N5O/c1-3-23-22(24-11-5-13-27-14-9-19(28)10-15-27)25-12-8-18-16-26-20-7-4-6-17(2)21(18)20/h4,6-7,16,19,26,28H,3,5,8-15H2,1-2H3,(H2,23,24,25). The van der Waals surface area contributed by atoms with Crippen molar-refractivity contribution in [2.75, 3.05) is 39.3 Å². The number of aromatic nitrogens is 1. The second-order valence-corrected chi connectivity index (χ2v) is 7.68. The largest absolute Gasteiger partial charge is 0.393 e. The minimum absolute atomic E-state index is 0.0974. The van der Waals surface area contributed by atoms with Crippen molar-refractivity contribution < 1.29 is 5.11 Å². The number of aliphatic hydroxyl groups is 1. The summed E-state index contributed by atoms with van der Waals surface area (Å²) >= 11 is 0. The van der Waals surface area contributed by atoms with E-state index in [1.807, 2.05) is 0 Å².